The van der Waals surface area contributed by atoms with Gasteiger partial charge >= 0.3 is 6.09 Å². The molecule has 6 heteroatoms. The molecule has 1 N–H and O–H groups in total. The third-order valence-electron chi connectivity index (χ3n) is 4.61. The highest BCUT2D eigenvalue weighted by Gasteiger charge is 2.32. The Balaban J connectivity index is 2.23. The lowest BCUT2D eigenvalue weighted by Gasteiger charge is -2.38. The van der Waals surface area contributed by atoms with Gasteiger partial charge in [0, 0.05) is 31.7 Å². The average Bonchev–Trinajstić information content (AvgIpc) is 2.46. The Morgan fingerprint density at radius 1 is 1.25 bits per heavy atom. The van der Waals surface area contributed by atoms with Crippen molar-refractivity contribution in [1.29, 1.82) is 0 Å². The van der Waals surface area contributed by atoms with Crippen molar-refractivity contribution in [2.75, 3.05) is 38.1 Å². The number of hydrogen-bond acceptors (Lipinski definition) is 3. The summed E-state index contributed by atoms with van der Waals surface area (Å²) in [5, 5.41) is 10.3. The minimum absolute atomic E-state index is 0.262. The fraction of sp³-hybridized carbons (Fsp3) is 0.611. The highest BCUT2D eigenvalue weighted by molar-refractivity contribution is 6.33. The van der Waals surface area contributed by atoms with E-state index < -0.39 is 11.6 Å². The average molecular weight is 354 g/mol. The number of nitrogens with zero attached hydrogens (tertiary/aromatic N) is 3. The summed E-state index contributed by atoms with van der Waals surface area (Å²) in [5.74, 6) is 0. The number of benzene rings is 1. The van der Waals surface area contributed by atoms with Crippen LogP contribution < -0.4 is 4.90 Å². The van der Waals surface area contributed by atoms with Gasteiger partial charge in [-0.25, -0.2) is 4.79 Å². The first kappa shape index (κ1) is 18.9. The fourth-order valence-corrected chi connectivity index (χ4v) is 3.58. The molecule has 24 heavy (non-hydrogen) atoms. The number of anilines is 1. The molecule has 1 aliphatic rings. The number of amides is 1. The first-order valence-electron chi connectivity index (χ1n) is 8.36. The van der Waals surface area contributed by atoms with Crippen molar-refractivity contribution in [3.05, 3.63) is 28.8 Å². The van der Waals surface area contributed by atoms with Crippen LogP contribution in [0.5, 0.6) is 0 Å². The number of halogens is 1. The summed E-state index contributed by atoms with van der Waals surface area (Å²) in [6.45, 7) is 11.5. The topological polar surface area (TPSA) is 47.0 Å². The molecule has 1 aromatic rings. The van der Waals surface area contributed by atoms with Gasteiger partial charge < -0.3 is 14.9 Å². The molecule has 1 aliphatic heterocycles. The van der Waals surface area contributed by atoms with Crippen LogP contribution in [0.15, 0.2) is 18.2 Å². The molecule has 0 aromatic heterocycles. The number of rotatable bonds is 3. The van der Waals surface area contributed by atoms with Gasteiger partial charge in [0.15, 0.2) is 0 Å². The summed E-state index contributed by atoms with van der Waals surface area (Å²) in [6, 6.07) is 5.65. The Hall–Kier alpha value is -1.46. The van der Waals surface area contributed by atoms with Crippen LogP contribution in [-0.4, -0.2) is 59.8 Å². The van der Waals surface area contributed by atoms with E-state index in [1.54, 1.807) is 0 Å². The zero-order valence-electron chi connectivity index (χ0n) is 15.2. The Kier molecular flexibility index (Phi) is 5.66. The number of carbonyl (C=O) groups is 1. The number of carboxylic acid groups (broad SMARTS) is 1. The molecule has 134 valence electrons. The van der Waals surface area contributed by atoms with Gasteiger partial charge in [-0.1, -0.05) is 17.7 Å². The molecule has 0 aliphatic carbocycles. The molecule has 1 saturated heterocycles. The van der Waals surface area contributed by atoms with Crippen LogP contribution in [0.2, 0.25) is 5.02 Å². The van der Waals surface area contributed by atoms with Gasteiger partial charge in [-0.05, 0) is 52.4 Å². The van der Waals surface area contributed by atoms with Crippen LogP contribution in [0.4, 0.5) is 10.5 Å². The van der Waals surface area contributed by atoms with Crippen LogP contribution in [0.1, 0.15) is 39.3 Å². The smallest absolute Gasteiger partial charge is 0.408 e. The highest BCUT2D eigenvalue weighted by Crippen LogP contribution is 2.33. The zero-order chi connectivity index (χ0) is 18.1. The molecule has 1 heterocycles. The van der Waals surface area contributed by atoms with E-state index in [0.29, 0.717) is 5.02 Å². The molecule has 0 bridgehead atoms. The molecular weight excluding hydrogens is 326 g/mol. The van der Waals surface area contributed by atoms with E-state index in [-0.39, 0.29) is 6.04 Å². The van der Waals surface area contributed by atoms with E-state index in [4.69, 9.17) is 11.6 Å². The molecule has 2 rings (SSSR count). The first-order chi connectivity index (χ1) is 11.1. The lowest BCUT2D eigenvalue weighted by molar-refractivity contribution is 0.0753. The highest BCUT2D eigenvalue weighted by atomic mass is 35.5. The monoisotopic (exact) mass is 353 g/mol. The maximum Gasteiger partial charge on any atom is 0.408 e. The van der Waals surface area contributed by atoms with Crippen LogP contribution in [0.25, 0.3) is 0 Å². The SMILES string of the molecule is C[C@@H](c1ccc(N2CCN(C)CC2)c(Cl)c1)N(C(=O)O)C(C)(C)C. The van der Waals surface area contributed by atoms with Crippen LogP contribution in [-0.2, 0) is 0 Å². The molecule has 0 radical (unpaired) electrons. The van der Waals surface area contributed by atoms with E-state index in [1.807, 2.05) is 45.9 Å². The van der Waals surface area contributed by atoms with Crippen molar-refractivity contribution in [1.82, 2.24) is 9.80 Å². The van der Waals surface area contributed by atoms with Gasteiger partial charge in [0.1, 0.15) is 0 Å². The second-order valence-corrected chi connectivity index (χ2v) is 7.91. The number of likely N-dealkylation sites (N-methyl/N-ethyl adjacent to an activating group) is 1. The lowest BCUT2D eigenvalue weighted by atomic mass is 9.99. The standard InChI is InChI=1S/C18H28ClN3O2/c1-13(22(17(23)24)18(2,3)4)14-6-7-16(15(19)12-14)21-10-8-20(5)9-11-21/h6-7,12-13H,8-11H2,1-5H3,(H,23,24)/t13-/m0/s1. The molecule has 0 spiro atoms. The number of hydrogen-bond donors (Lipinski definition) is 1. The van der Waals surface area contributed by atoms with Gasteiger partial charge in [0.25, 0.3) is 0 Å². The Morgan fingerprint density at radius 2 is 1.83 bits per heavy atom. The lowest BCUT2D eigenvalue weighted by Crippen LogP contribution is -2.46. The van der Waals surface area contributed by atoms with Crippen molar-refractivity contribution < 1.29 is 9.90 Å². The maximum atomic E-state index is 11.7. The van der Waals surface area contributed by atoms with Gasteiger partial charge in [0.05, 0.1) is 16.8 Å². The summed E-state index contributed by atoms with van der Waals surface area (Å²) < 4.78 is 0. The van der Waals surface area contributed by atoms with E-state index in [2.05, 4.69) is 16.8 Å². The zero-order valence-corrected chi connectivity index (χ0v) is 16.0. The summed E-state index contributed by atoms with van der Waals surface area (Å²) in [7, 11) is 2.12. The van der Waals surface area contributed by atoms with Crippen LogP contribution in [0, 0.1) is 0 Å². The summed E-state index contributed by atoms with van der Waals surface area (Å²) in [5.41, 5.74) is 1.46. The molecule has 0 saturated carbocycles. The summed E-state index contributed by atoms with van der Waals surface area (Å²) in [4.78, 5) is 17.7. The van der Waals surface area contributed by atoms with E-state index in [0.717, 1.165) is 37.4 Å². The molecule has 0 unspecified atom stereocenters. The Labute approximate surface area is 149 Å². The predicted octanol–water partition coefficient (Wildman–Crippen LogP) is 3.93. The van der Waals surface area contributed by atoms with Crippen molar-refractivity contribution in [3.8, 4) is 0 Å². The molecule has 1 atom stereocenters. The van der Waals surface area contributed by atoms with Crippen LogP contribution in [0.3, 0.4) is 0 Å². The van der Waals surface area contributed by atoms with E-state index in [1.165, 1.54) is 4.90 Å². The second-order valence-electron chi connectivity index (χ2n) is 7.50. The minimum Gasteiger partial charge on any atom is -0.465 e. The van der Waals surface area contributed by atoms with E-state index in [9.17, 15) is 9.90 Å². The minimum atomic E-state index is -0.922. The van der Waals surface area contributed by atoms with Crippen molar-refractivity contribution in [3.63, 3.8) is 0 Å². The molecule has 1 aromatic carbocycles. The van der Waals surface area contributed by atoms with Crippen molar-refractivity contribution >= 4 is 23.4 Å². The van der Waals surface area contributed by atoms with Crippen molar-refractivity contribution in [2.45, 2.75) is 39.3 Å². The van der Waals surface area contributed by atoms with Gasteiger partial charge in [0.2, 0.25) is 0 Å². The summed E-state index contributed by atoms with van der Waals surface area (Å²) in [6.07, 6.45) is -0.922. The van der Waals surface area contributed by atoms with Crippen LogP contribution >= 0.6 is 11.6 Å². The third kappa shape index (κ3) is 4.14. The maximum absolute atomic E-state index is 11.7. The summed E-state index contributed by atoms with van der Waals surface area (Å²) >= 11 is 6.52. The van der Waals surface area contributed by atoms with Crippen molar-refractivity contribution in [2.24, 2.45) is 0 Å². The predicted molar refractivity (Wildman–Crippen MR) is 99.2 cm³/mol. The van der Waals surface area contributed by atoms with Gasteiger partial charge in [-0.15, -0.1) is 0 Å². The number of piperazine rings is 1. The van der Waals surface area contributed by atoms with Gasteiger partial charge in [-0.2, -0.15) is 0 Å². The first-order valence-corrected chi connectivity index (χ1v) is 8.74. The molecule has 1 fully saturated rings. The Bertz CT molecular complexity index is 592. The van der Waals surface area contributed by atoms with E-state index >= 15 is 0 Å². The fourth-order valence-electron chi connectivity index (χ4n) is 3.27. The normalized spacial score (nSPS) is 17.7. The molecule has 5 nitrogen and oxygen atoms in total. The molecule has 1 amide bonds. The molecular formula is C18H28ClN3O2. The second kappa shape index (κ2) is 7.19. The third-order valence-corrected chi connectivity index (χ3v) is 4.92. The largest absolute Gasteiger partial charge is 0.465 e. The quantitative estimate of drug-likeness (QED) is 0.894. The van der Waals surface area contributed by atoms with Gasteiger partial charge in [-0.3, -0.25) is 4.90 Å². The Morgan fingerprint density at radius 3 is 2.29 bits per heavy atom.